The molecule has 3 N–H and O–H groups in total. The number of ketones is 1. The monoisotopic (exact) mass is 408 g/mol. The van der Waals surface area contributed by atoms with Crippen LogP contribution in [0.25, 0.3) is 0 Å². The Morgan fingerprint density at radius 2 is 1.59 bits per heavy atom. The van der Waals surface area contributed by atoms with Crippen molar-refractivity contribution in [2.24, 2.45) is 5.73 Å². The Bertz CT molecular complexity index is 1050. The van der Waals surface area contributed by atoms with Crippen LogP contribution in [0, 0.1) is 0 Å². The first-order chi connectivity index (χ1) is 13.9. The van der Waals surface area contributed by atoms with Crippen LogP contribution >= 0.6 is 11.6 Å². The number of rotatable bonds is 7. The van der Waals surface area contributed by atoms with Gasteiger partial charge in [-0.25, -0.2) is 0 Å². The number of nitrogens with two attached hydrogens (primary N) is 1. The van der Waals surface area contributed by atoms with Crippen LogP contribution < -0.4 is 15.8 Å². The number of nitrogens with one attached hydrogen (secondary N) is 1. The van der Waals surface area contributed by atoms with Crippen LogP contribution in [0.1, 0.15) is 26.3 Å². The van der Waals surface area contributed by atoms with Gasteiger partial charge in [0.1, 0.15) is 5.75 Å². The second-order valence-corrected chi connectivity index (χ2v) is 6.55. The first kappa shape index (κ1) is 20.1. The van der Waals surface area contributed by atoms with E-state index in [9.17, 15) is 14.4 Å². The lowest BCUT2D eigenvalue weighted by Crippen LogP contribution is -2.21. The number of carbonyl (C=O) groups is 3. The second-order valence-electron chi connectivity index (χ2n) is 6.11. The fourth-order valence-corrected chi connectivity index (χ4v) is 2.78. The summed E-state index contributed by atoms with van der Waals surface area (Å²) in [6.45, 7) is -0.280. The molecule has 6 nitrogen and oxygen atoms in total. The normalized spacial score (nSPS) is 10.2. The molecule has 0 atom stereocenters. The Labute approximate surface area is 172 Å². The van der Waals surface area contributed by atoms with E-state index < -0.39 is 11.8 Å². The minimum absolute atomic E-state index is 0.258. The van der Waals surface area contributed by atoms with Crippen molar-refractivity contribution >= 4 is 34.9 Å². The molecule has 0 aliphatic carbocycles. The highest BCUT2D eigenvalue weighted by Gasteiger charge is 2.16. The SMILES string of the molecule is NC(=O)c1ccc(OCC(=O)Nc2ccc(Cl)cc2C(=O)c2ccccc2)cc1. The number of ether oxygens (including phenoxy) is 1. The Morgan fingerprint density at radius 3 is 2.24 bits per heavy atom. The number of hydrogen-bond acceptors (Lipinski definition) is 4. The summed E-state index contributed by atoms with van der Waals surface area (Å²) in [5, 5.41) is 3.05. The molecule has 0 aliphatic heterocycles. The van der Waals surface area contributed by atoms with Gasteiger partial charge in [-0.05, 0) is 42.5 Å². The molecule has 29 heavy (non-hydrogen) atoms. The van der Waals surface area contributed by atoms with Gasteiger partial charge in [0.25, 0.3) is 5.91 Å². The molecule has 0 spiro atoms. The minimum atomic E-state index is -0.548. The maximum Gasteiger partial charge on any atom is 0.262 e. The summed E-state index contributed by atoms with van der Waals surface area (Å²) in [4.78, 5) is 36.2. The molecule has 146 valence electrons. The summed E-state index contributed by atoms with van der Waals surface area (Å²) in [5.74, 6) is -0.853. The zero-order chi connectivity index (χ0) is 20.8. The lowest BCUT2D eigenvalue weighted by atomic mass is 10.0. The summed E-state index contributed by atoms with van der Waals surface area (Å²) in [7, 11) is 0. The van der Waals surface area contributed by atoms with Gasteiger partial charge in [-0.2, -0.15) is 0 Å². The number of halogens is 1. The molecule has 0 bridgehead atoms. The van der Waals surface area contributed by atoms with Crippen LogP contribution in [0.2, 0.25) is 5.02 Å². The largest absolute Gasteiger partial charge is 0.484 e. The van der Waals surface area contributed by atoms with Crippen molar-refractivity contribution in [3.8, 4) is 5.75 Å². The van der Waals surface area contributed by atoms with Crippen molar-refractivity contribution in [2.75, 3.05) is 11.9 Å². The quantitative estimate of drug-likeness (QED) is 0.582. The molecule has 3 aromatic rings. The Morgan fingerprint density at radius 1 is 0.897 bits per heavy atom. The van der Waals surface area contributed by atoms with Gasteiger partial charge < -0.3 is 15.8 Å². The zero-order valence-electron chi connectivity index (χ0n) is 15.2. The van der Waals surface area contributed by atoms with Crippen LogP contribution in [-0.4, -0.2) is 24.2 Å². The molecule has 0 unspecified atom stereocenters. The molecule has 2 amide bonds. The van der Waals surface area contributed by atoms with Crippen LogP contribution in [0.5, 0.6) is 5.75 Å². The zero-order valence-corrected chi connectivity index (χ0v) is 16.0. The molecule has 0 radical (unpaired) electrons. The van der Waals surface area contributed by atoms with E-state index in [1.54, 1.807) is 48.5 Å². The summed E-state index contributed by atoms with van der Waals surface area (Å²) in [5.41, 5.74) is 6.62. The van der Waals surface area contributed by atoms with E-state index >= 15 is 0 Å². The lowest BCUT2D eigenvalue weighted by molar-refractivity contribution is -0.118. The van der Waals surface area contributed by atoms with Crippen molar-refractivity contribution in [2.45, 2.75) is 0 Å². The highest BCUT2D eigenvalue weighted by Crippen LogP contribution is 2.24. The van der Waals surface area contributed by atoms with E-state index in [1.165, 1.54) is 18.2 Å². The van der Waals surface area contributed by atoms with Gasteiger partial charge >= 0.3 is 0 Å². The van der Waals surface area contributed by atoms with Gasteiger partial charge in [0.15, 0.2) is 12.4 Å². The Kier molecular flexibility index (Phi) is 6.26. The number of amides is 2. The first-order valence-electron chi connectivity index (χ1n) is 8.66. The molecular weight excluding hydrogens is 392 g/mol. The van der Waals surface area contributed by atoms with Gasteiger partial charge in [-0.15, -0.1) is 0 Å². The summed E-state index contributed by atoms with van der Waals surface area (Å²) >= 11 is 6.04. The van der Waals surface area contributed by atoms with E-state index in [0.29, 0.717) is 27.6 Å². The molecule has 3 rings (SSSR count). The molecule has 0 heterocycles. The average molecular weight is 409 g/mol. The third-order valence-electron chi connectivity index (χ3n) is 4.05. The average Bonchev–Trinajstić information content (AvgIpc) is 2.74. The van der Waals surface area contributed by atoms with Crippen LogP contribution in [0.3, 0.4) is 0 Å². The van der Waals surface area contributed by atoms with Crippen LogP contribution in [0.15, 0.2) is 72.8 Å². The maximum atomic E-state index is 12.8. The molecule has 0 aromatic heterocycles. The van der Waals surface area contributed by atoms with Gasteiger partial charge in [0.05, 0.1) is 5.69 Å². The highest BCUT2D eigenvalue weighted by molar-refractivity contribution is 6.31. The molecule has 3 aromatic carbocycles. The molecule has 0 aliphatic rings. The van der Waals surface area contributed by atoms with Crippen LogP contribution in [-0.2, 0) is 4.79 Å². The van der Waals surface area contributed by atoms with E-state index in [0.717, 1.165) is 0 Å². The topological polar surface area (TPSA) is 98.5 Å². The third kappa shape index (κ3) is 5.21. The van der Waals surface area contributed by atoms with Crippen molar-refractivity contribution in [1.29, 1.82) is 0 Å². The number of benzene rings is 3. The maximum absolute atomic E-state index is 12.8. The van der Waals surface area contributed by atoms with E-state index in [2.05, 4.69) is 5.32 Å². The van der Waals surface area contributed by atoms with E-state index in [4.69, 9.17) is 22.1 Å². The van der Waals surface area contributed by atoms with Gasteiger partial charge in [-0.1, -0.05) is 41.9 Å². The minimum Gasteiger partial charge on any atom is -0.484 e. The number of carbonyl (C=O) groups excluding carboxylic acids is 3. The third-order valence-corrected chi connectivity index (χ3v) is 4.28. The summed E-state index contributed by atoms with van der Waals surface area (Å²) in [6.07, 6.45) is 0. The van der Waals surface area contributed by atoms with Crippen molar-refractivity contribution < 1.29 is 19.1 Å². The summed E-state index contributed by atoms with van der Waals surface area (Å²) < 4.78 is 5.41. The molecular formula is C22H17ClN2O4. The van der Waals surface area contributed by atoms with Crippen molar-refractivity contribution in [1.82, 2.24) is 0 Å². The molecule has 0 saturated heterocycles. The molecule has 0 saturated carbocycles. The van der Waals surface area contributed by atoms with Gasteiger partial charge in [-0.3, -0.25) is 14.4 Å². The fourth-order valence-electron chi connectivity index (χ4n) is 2.61. The smallest absolute Gasteiger partial charge is 0.262 e. The summed E-state index contributed by atoms with van der Waals surface area (Å²) in [6, 6.07) is 19.5. The second kappa shape index (κ2) is 9.03. The van der Waals surface area contributed by atoms with Gasteiger partial charge in [0.2, 0.25) is 5.91 Å². The highest BCUT2D eigenvalue weighted by atomic mass is 35.5. The van der Waals surface area contributed by atoms with E-state index in [1.807, 2.05) is 6.07 Å². The van der Waals surface area contributed by atoms with Gasteiger partial charge in [0, 0.05) is 21.7 Å². The lowest BCUT2D eigenvalue weighted by Gasteiger charge is -2.12. The number of primary amides is 1. The fraction of sp³-hybridized carbons (Fsp3) is 0.0455. The number of anilines is 1. The Balaban J connectivity index is 1.70. The number of hydrogen-bond donors (Lipinski definition) is 2. The predicted octanol–water partition coefficient (Wildman–Crippen LogP) is 3.69. The van der Waals surface area contributed by atoms with Crippen molar-refractivity contribution in [3.63, 3.8) is 0 Å². The Hall–Kier alpha value is -3.64. The standard InChI is InChI=1S/C22H17ClN2O4/c23-16-8-11-19(18(12-16)21(27)14-4-2-1-3-5-14)25-20(26)13-29-17-9-6-15(7-10-17)22(24)28/h1-12H,13H2,(H2,24,28)(H,25,26). The van der Waals surface area contributed by atoms with Crippen LogP contribution in [0.4, 0.5) is 5.69 Å². The molecule has 7 heteroatoms. The van der Waals surface area contributed by atoms with Crippen molar-refractivity contribution in [3.05, 3.63) is 94.5 Å². The molecule has 0 fully saturated rings. The van der Waals surface area contributed by atoms with E-state index in [-0.39, 0.29) is 18.0 Å². The predicted molar refractivity (Wildman–Crippen MR) is 110 cm³/mol. The first-order valence-corrected chi connectivity index (χ1v) is 9.03.